The third kappa shape index (κ3) is 4.02. The predicted molar refractivity (Wildman–Crippen MR) is 110 cm³/mol. The zero-order chi connectivity index (χ0) is 20.4. The first kappa shape index (κ1) is 20.3. The van der Waals surface area contributed by atoms with Crippen molar-refractivity contribution in [1.29, 1.82) is 0 Å². The molecule has 1 aromatic carbocycles. The largest absolute Gasteiger partial charge is 0.320 e. The molecule has 0 atom stereocenters. The number of hydrogen-bond acceptors (Lipinski definition) is 5. The SMILES string of the molecule is Cc1cc(Cl)cc(C(=O)NN)c1NC(=O)c1cc(Br)nn1-c1ncccc1Cl. The molecule has 0 unspecified atom stereocenters. The number of aromatic nitrogens is 3. The van der Waals surface area contributed by atoms with Crippen LogP contribution in [-0.2, 0) is 0 Å². The van der Waals surface area contributed by atoms with Crippen molar-refractivity contribution < 1.29 is 9.59 Å². The number of nitrogen functional groups attached to an aromatic ring is 1. The number of rotatable bonds is 4. The van der Waals surface area contributed by atoms with Crippen molar-refractivity contribution >= 4 is 56.6 Å². The Morgan fingerprint density at radius 2 is 1.96 bits per heavy atom. The molecule has 0 saturated heterocycles. The van der Waals surface area contributed by atoms with Crippen LogP contribution in [0.25, 0.3) is 5.82 Å². The standard InChI is InChI=1S/C17H13BrCl2N6O2/c1-8-5-9(19)6-10(16(27)24-21)14(8)23-17(28)12-7-13(18)25-26(12)15-11(20)3-2-4-22-15/h2-7H,21H2,1H3,(H,23,28)(H,24,27). The second-order valence-corrected chi connectivity index (χ2v) is 7.30. The van der Waals surface area contributed by atoms with Crippen molar-refractivity contribution in [2.45, 2.75) is 6.92 Å². The molecule has 8 nitrogen and oxygen atoms in total. The summed E-state index contributed by atoms with van der Waals surface area (Å²) in [6.45, 7) is 1.71. The average molecular weight is 484 g/mol. The van der Waals surface area contributed by atoms with Gasteiger partial charge >= 0.3 is 0 Å². The Morgan fingerprint density at radius 1 is 1.21 bits per heavy atom. The highest BCUT2D eigenvalue weighted by molar-refractivity contribution is 9.10. The van der Waals surface area contributed by atoms with Crippen molar-refractivity contribution in [3.05, 3.63) is 68.0 Å². The highest BCUT2D eigenvalue weighted by Gasteiger charge is 2.22. The summed E-state index contributed by atoms with van der Waals surface area (Å²) < 4.78 is 1.71. The molecule has 4 N–H and O–H groups in total. The molecular weight excluding hydrogens is 471 g/mol. The van der Waals surface area contributed by atoms with E-state index in [2.05, 4.69) is 31.3 Å². The first-order valence-electron chi connectivity index (χ1n) is 7.80. The van der Waals surface area contributed by atoms with Gasteiger partial charge in [0.25, 0.3) is 11.8 Å². The highest BCUT2D eigenvalue weighted by Crippen LogP contribution is 2.27. The number of pyridine rings is 1. The molecule has 3 rings (SSSR count). The van der Waals surface area contributed by atoms with Gasteiger partial charge in [0, 0.05) is 17.3 Å². The Balaban J connectivity index is 2.05. The van der Waals surface area contributed by atoms with Crippen LogP contribution in [0.3, 0.4) is 0 Å². The number of amides is 2. The molecular formula is C17H13BrCl2N6O2. The number of hydrazine groups is 1. The number of nitrogens with zero attached hydrogens (tertiary/aromatic N) is 3. The van der Waals surface area contributed by atoms with Crippen LogP contribution < -0.4 is 16.6 Å². The van der Waals surface area contributed by atoms with Gasteiger partial charge in [-0.1, -0.05) is 23.2 Å². The van der Waals surface area contributed by atoms with Crippen LogP contribution in [0.4, 0.5) is 5.69 Å². The molecule has 2 aromatic heterocycles. The lowest BCUT2D eigenvalue weighted by atomic mass is 10.1. The number of anilines is 1. The normalized spacial score (nSPS) is 10.6. The average Bonchev–Trinajstić information content (AvgIpc) is 3.05. The van der Waals surface area contributed by atoms with Crippen LogP contribution in [0.1, 0.15) is 26.4 Å². The van der Waals surface area contributed by atoms with Crippen molar-refractivity contribution in [1.82, 2.24) is 20.2 Å². The maximum absolute atomic E-state index is 13.0. The van der Waals surface area contributed by atoms with Gasteiger partial charge in [0.05, 0.1) is 16.3 Å². The number of halogens is 3. The maximum Gasteiger partial charge on any atom is 0.274 e. The summed E-state index contributed by atoms with van der Waals surface area (Å²) in [4.78, 5) is 29.2. The number of carbonyl (C=O) groups is 2. The number of carbonyl (C=O) groups excluding carboxylic acids is 2. The molecule has 0 aliphatic carbocycles. The molecule has 0 saturated carbocycles. The van der Waals surface area contributed by atoms with Crippen LogP contribution in [-0.4, -0.2) is 26.6 Å². The Kier molecular flexibility index (Phi) is 5.99. The summed E-state index contributed by atoms with van der Waals surface area (Å²) in [5, 5.41) is 7.59. The van der Waals surface area contributed by atoms with Gasteiger partial charge in [0.2, 0.25) is 0 Å². The zero-order valence-electron chi connectivity index (χ0n) is 14.3. The third-order valence-electron chi connectivity index (χ3n) is 3.77. The Morgan fingerprint density at radius 3 is 2.64 bits per heavy atom. The number of nitrogens with one attached hydrogen (secondary N) is 2. The maximum atomic E-state index is 13.0. The van der Waals surface area contributed by atoms with Gasteiger partial charge in [-0.3, -0.25) is 15.0 Å². The second kappa shape index (κ2) is 8.27. The van der Waals surface area contributed by atoms with E-state index in [4.69, 9.17) is 29.0 Å². The van der Waals surface area contributed by atoms with Crippen LogP contribution in [0.5, 0.6) is 0 Å². The summed E-state index contributed by atoms with van der Waals surface area (Å²) in [7, 11) is 0. The van der Waals surface area contributed by atoms with E-state index < -0.39 is 11.8 Å². The summed E-state index contributed by atoms with van der Waals surface area (Å²) in [6.07, 6.45) is 1.53. The predicted octanol–water partition coefficient (Wildman–Crippen LogP) is 3.50. The fourth-order valence-electron chi connectivity index (χ4n) is 2.55. The van der Waals surface area contributed by atoms with E-state index in [0.29, 0.717) is 20.2 Å². The van der Waals surface area contributed by atoms with E-state index in [1.165, 1.54) is 23.0 Å². The lowest BCUT2D eigenvalue weighted by Gasteiger charge is -2.14. The molecule has 28 heavy (non-hydrogen) atoms. The summed E-state index contributed by atoms with van der Waals surface area (Å²) in [5.41, 5.74) is 3.17. The fourth-order valence-corrected chi connectivity index (χ4v) is 3.40. The second-order valence-electron chi connectivity index (χ2n) is 5.65. The van der Waals surface area contributed by atoms with Crippen molar-refractivity contribution in [3.63, 3.8) is 0 Å². The monoisotopic (exact) mass is 482 g/mol. The topological polar surface area (TPSA) is 115 Å². The van der Waals surface area contributed by atoms with Gasteiger partial charge in [0.15, 0.2) is 5.82 Å². The van der Waals surface area contributed by atoms with Gasteiger partial charge in [-0.05, 0) is 52.7 Å². The first-order valence-corrected chi connectivity index (χ1v) is 9.35. The molecule has 3 aromatic rings. The number of hydrogen-bond donors (Lipinski definition) is 3. The van der Waals surface area contributed by atoms with Crippen molar-refractivity contribution in [2.24, 2.45) is 5.84 Å². The van der Waals surface area contributed by atoms with Crippen molar-refractivity contribution in [2.75, 3.05) is 5.32 Å². The number of aryl methyl sites for hydroxylation is 1. The first-order chi connectivity index (χ1) is 13.3. The van der Waals surface area contributed by atoms with Gasteiger partial charge in [-0.15, -0.1) is 0 Å². The summed E-state index contributed by atoms with van der Waals surface area (Å²) in [6, 6.07) is 7.84. The lowest BCUT2D eigenvalue weighted by Crippen LogP contribution is -2.31. The van der Waals surface area contributed by atoms with Crippen molar-refractivity contribution in [3.8, 4) is 5.82 Å². The molecule has 0 spiro atoms. The molecule has 0 aliphatic heterocycles. The van der Waals surface area contributed by atoms with E-state index >= 15 is 0 Å². The van der Waals surface area contributed by atoms with Crippen LogP contribution in [0.15, 0.2) is 41.1 Å². The minimum absolute atomic E-state index is 0.127. The summed E-state index contributed by atoms with van der Waals surface area (Å²) >= 11 is 15.5. The molecule has 0 radical (unpaired) electrons. The van der Waals surface area contributed by atoms with Gasteiger partial charge in [0.1, 0.15) is 10.3 Å². The van der Waals surface area contributed by atoms with E-state index in [0.717, 1.165) is 0 Å². The molecule has 11 heteroatoms. The molecule has 0 fully saturated rings. The van der Waals surface area contributed by atoms with Crippen LogP contribution in [0.2, 0.25) is 10.0 Å². The van der Waals surface area contributed by atoms with Gasteiger partial charge < -0.3 is 5.32 Å². The van der Waals surface area contributed by atoms with E-state index in [-0.39, 0.29) is 22.8 Å². The quantitative estimate of drug-likeness (QED) is 0.298. The fraction of sp³-hybridized carbons (Fsp3) is 0.0588. The van der Waals surface area contributed by atoms with Gasteiger partial charge in [-0.2, -0.15) is 5.10 Å². The van der Waals surface area contributed by atoms with E-state index in [1.807, 2.05) is 5.43 Å². The molecule has 0 bridgehead atoms. The minimum Gasteiger partial charge on any atom is -0.320 e. The smallest absolute Gasteiger partial charge is 0.274 e. The zero-order valence-corrected chi connectivity index (χ0v) is 17.4. The molecule has 2 heterocycles. The van der Waals surface area contributed by atoms with E-state index in [9.17, 15) is 9.59 Å². The van der Waals surface area contributed by atoms with Gasteiger partial charge in [-0.25, -0.2) is 15.5 Å². The Bertz CT molecular complexity index is 1090. The van der Waals surface area contributed by atoms with Crippen LogP contribution >= 0.6 is 39.1 Å². The van der Waals surface area contributed by atoms with Crippen LogP contribution in [0, 0.1) is 6.92 Å². The summed E-state index contributed by atoms with van der Waals surface area (Å²) in [5.74, 6) is 4.40. The lowest BCUT2D eigenvalue weighted by molar-refractivity contribution is 0.0954. The minimum atomic E-state index is -0.594. The van der Waals surface area contributed by atoms with E-state index in [1.54, 1.807) is 25.1 Å². The number of benzene rings is 1. The molecule has 144 valence electrons. The third-order valence-corrected chi connectivity index (χ3v) is 4.67. The highest BCUT2D eigenvalue weighted by atomic mass is 79.9. The Hall–Kier alpha value is -2.46. The Labute approximate surface area is 178 Å². The molecule has 0 aliphatic rings. The number of nitrogens with two attached hydrogens (primary N) is 1. The molecule has 2 amide bonds.